The van der Waals surface area contributed by atoms with E-state index in [1.165, 1.54) is 0 Å². The summed E-state index contributed by atoms with van der Waals surface area (Å²) in [4.78, 5) is 39.0. The van der Waals surface area contributed by atoms with Gasteiger partial charge in [-0.1, -0.05) is 60.2 Å². The Balaban J connectivity index is 1.44. The predicted octanol–water partition coefficient (Wildman–Crippen LogP) is 4.57. The summed E-state index contributed by atoms with van der Waals surface area (Å²) < 4.78 is 5.64. The number of carboxylic acids is 1. The summed E-state index contributed by atoms with van der Waals surface area (Å²) in [5.41, 5.74) is 5.55. The van der Waals surface area contributed by atoms with Gasteiger partial charge in [-0.15, -0.1) is 0 Å². The zero-order valence-electron chi connectivity index (χ0n) is 20.2. The molecule has 2 aromatic carbocycles. The van der Waals surface area contributed by atoms with Gasteiger partial charge in [0.1, 0.15) is 12.6 Å². The third-order valence-electron chi connectivity index (χ3n) is 6.78. The van der Waals surface area contributed by atoms with Crippen LogP contribution in [0.5, 0.6) is 0 Å². The van der Waals surface area contributed by atoms with E-state index >= 15 is 0 Å². The molecule has 1 heterocycles. The molecule has 2 aromatic rings. The van der Waals surface area contributed by atoms with Gasteiger partial charge in [0.25, 0.3) is 0 Å². The van der Waals surface area contributed by atoms with Gasteiger partial charge in [-0.3, -0.25) is 9.59 Å². The van der Waals surface area contributed by atoms with Crippen molar-refractivity contribution in [2.75, 3.05) is 19.7 Å². The van der Waals surface area contributed by atoms with E-state index in [9.17, 15) is 19.5 Å². The number of piperidine rings is 1. The van der Waals surface area contributed by atoms with Crippen LogP contribution in [0.15, 0.2) is 60.2 Å². The van der Waals surface area contributed by atoms with Crippen molar-refractivity contribution >= 4 is 18.0 Å². The number of alkyl carbamates (subject to hydrolysis) is 1. The Kier molecular flexibility index (Phi) is 7.54. The van der Waals surface area contributed by atoms with Crippen molar-refractivity contribution in [2.45, 2.75) is 45.1 Å². The molecule has 2 aliphatic rings. The van der Waals surface area contributed by atoms with Crippen LogP contribution in [0.2, 0.25) is 0 Å². The number of nitrogens with one attached hydrogen (secondary N) is 1. The van der Waals surface area contributed by atoms with Gasteiger partial charge in [-0.2, -0.15) is 0 Å². The van der Waals surface area contributed by atoms with Crippen LogP contribution < -0.4 is 5.32 Å². The van der Waals surface area contributed by atoms with Gasteiger partial charge in [-0.05, 0) is 55.4 Å². The van der Waals surface area contributed by atoms with Crippen molar-refractivity contribution in [1.29, 1.82) is 0 Å². The Labute approximate surface area is 205 Å². The van der Waals surface area contributed by atoms with Crippen LogP contribution in [0.3, 0.4) is 0 Å². The van der Waals surface area contributed by atoms with Crippen molar-refractivity contribution in [3.8, 4) is 11.1 Å². The Morgan fingerprint density at radius 2 is 1.71 bits per heavy atom. The van der Waals surface area contributed by atoms with Crippen LogP contribution in [0.1, 0.15) is 50.2 Å². The second-order valence-electron chi connectivity index (χ2n) is 9.50. The molecule has 2 N–H and O–H groups in total. The minimum absolute atomic E-state index is 0.0708. The third-order valence-corrected chi connectivity index (χ3v) is 6.78. The number of allylic oxidation sites excluding steroid dienone is 1. The van der Waals surface area contributed by atoms with Crippen LogP contribution >= 0.6 is 0 Å². The second kappa shape index (κ2) is 10.8. The predicted molar refractivity (Wildman–Crippen MR) is 133 cm³/mol. The number of rotatable bonds is 7. The number of amides is 2. The number of fused-ring (bicyclic) bond motifs is 3. The molecule has 2 amide bonds. The lowest BCUT2D eigenvalue weighted by atomic mass is 9.97. The summed E-state index contributed by atoms with van der Waals surface area (Å²) in [6, 6.07) is 15.4. The summed E-state index contributed by atoms with van der Waals surface area (Å²) in [5.74, 6) is -1.82. The Morgan fingerprint density at radius 3 is 2.31 bits per heavy atom. The summed E-state index contributed by atoms with van der Waals surface area (Å²) >= 11 is 0. The first kappa shape index (κ1) is 24.5. The van der Waals surface area contributed by atoms with E-state index in [2.05, 4.69) is 29.6 Å². The van der Waals surface area contributed by atoms with Crippen LogP contribution in [-0.2, 0) is 14.3 Å². The first-order valence-corrected chi connectivity index (χ1v) is 12.1. The largest absolute Gasteiger partial charge is 0.481 e. The lowest BCUT2D eigenvalue weighted by Gasteiger charge is -2.33. The fourth-order valence-corrected chi connectivity index (χ4v) is 4.96. The quantitative estimate of drug-likeness (QED) is 0.571. The normalized spacial score (nSPS) is 17.7. The molecule has 184 valence electrons. The van der Waals surface area contributed by atoms with E-state index in [4.69, 9.17) is 4.74 Å². The maximum atomic E-state index is 13.2. The molecule has 0 aromatic heterocycles. The van der Waals surface area contributed by atoms with Gasteiger partial charge in [-0.25, -0.2) is 4.79 Å². The standard InChI is InChI=1S/C28H32N2O5/c1-18(2)13-14-25(26(31)30-15-7-8-19(16-30)27(32)33)29-28(34)35-17-24-22-11-5-3-9-20(22)21-10-4-6-12-23(21)24/h3-6,9-13,19,24-25H,7-8,14-17H2,1-2H3,(H,29,34)(H,32,33). The fourth-order valence-electron chi connectivity index (χ4n) is 4.96. The smallest absolute Gasteiger partial charge is 0.407 e. The highest BCUT2D eigenvalue weighted by molar-refractivity contribution is 5.86. The molecule has 0 bridgehead atoms. The molecule has 1 fully saturated rings. The molecule has 2 atom stereocenters. The monoisotopic (exact) mass is 476 g/mol. The van der Waals surface area contributed by atoms with E-state index in [0.29, 0.717) is 25.8 Å². The number of carbonyl (C=O) groups is 3. The SMILES string of the molecule is CC(C)=CCC(NC(=O)OCC1c2ccccc2-c2ccccc21)C(=O)N1CCCC(C(=O)O)C1. The summed E-state index contributed by atoms with van der Waals surface area (Å²) in [7, 11) is 0. The van der Waals surface area contributed by atoms with Gasteiger partial charge in [0.05, 0.1) is 5.92 Å². The lowest BCUT2D eigenvalue weighted by Crippen LogP contribution is -2.52. The van der Waals surface area contributed by atoms with Gasteiger partial charge in [0, 0.05) is 19.0 Å². The minimum Gasteiger partial charge on any atom is -0.481 e. The van der Waals surface area contributed by atoms with E-state index in [1.807, 2.05) is 44.2 Å². The molecular weight excluding hydrogens is 444 g/mol. The zero-order valence-corrected chi connectivity index (χ0v) is 20.2. The number of ether oxygens (including phenoxy) is 1. The van der Waals surface area contributed by atoms with Crippen LogP contribution in [0.4, 0.5) is 4.79 Å². The molecule has 2 unspecified atom stereocenters. The van der Waals surface area contributed by atoms with Crippen molar-refractivity contribution in [3.05, 3.63) is 71.3 Å². The Morgan fingerprint density at radius 1 is 1.09 bits per heavy atom. The Hall–Kier alpha value is -3.61. The molecule has 4 rings (SSSR count). The minimum atomic E-state index is -0.896. The lowest BCUT2D eigenvalue weighted by molar-refractivity contribution is -0.146. The van der Waals surface area contributed by atoms with Crippen molar-refractivity contribution in [3.63, 3.8) is 0 Å². The first-order chi connectivity index (χ1) is 16.8. The molecule has 1 aliphatic heterocycles. The van der Waals surface area contributed by atoms with Gasteiger partial charge in [0.2, 0.25) is 5.91 Å². The van der Waals surface area contributed by atoms with Crippen LogP contribution in [-0.4, -0.2) is 53.7 Å². The highest BCUT2D eigenvalue weighted by Gasteiger charge is 2.33. The second-order valence-corrected chi connectivity index (χ2v) is 9.50. The summed E-state index contributed by atoms with van der Waals surface area (Å²) in [6.45, 7) is 4.66. The first-order valence-electron chi connectivity index (χ1n) is 12.1. The number of hydrogen-bond donors (Lipinski definition) is 2. The maximum absolute atomic E-state index is 13.2. The number of carbonyl (C=O) groups excluding carboxylic acids is 2. The number of hydrogen-bond acceptors (Lipinski definition) is 4. The molecule has 1 saturated heterocycles. The van der Waals surface area contributed by atoms with Crippen molar-refractivity contribution in [1.82, 2.24) is 10.2 Å². The number of aliphatic carboxylic acids is 1. The highest BCUT2D eigenvalue weighted by Crippen LogP contribution is 2.44. The van der Waals surface area contributed by atoms with Gasteiger partial charge >= 0.3 is 12.1 Å². The van der Waals surface area contributed by atoms with Crippen molar-refractivity contribution < 1.29 is 24.2 Å². The number of nitrogens with zero attached hydrogens (tertiary/aromatic N) is 1. The average Bonchev–Trinajstić information content (AvgIpc) is 3.18. The zero-order chi connectivity index (χ0) is 24.9. The van der Waals surface area contributed by atoms with E-state index in [1.54, 1.807) is 4.90 Å². The summed E-state index contributed by atoms with van der Waals surface area (Å²) in [6.07, 6.45) is 2.74. The molecule has 0 radical (unpaired) electrons. The van der Waals surface area contributed by atoms with E-state index < -0.39 is 24.0 Å². The molecule has 7 heteroatoms. The molecule has 7 nitrogen and oxygen atoms in total. The number of benzene rings is 2. The number of carboxylic acid groups (broad SMARTS) is 1. The van der Waals surface area contributed by atoms with Crippen LogP contribution in [0.25, 0.3) is 11.1 Å². The summed E-state index contributed by atoms with van der Waals surface area (Å²) in [5, 5.41) is 12.1. The molecule has 0 spiro atoms. The number of likely N-dealkylation sites (tertiary alicyclic amines) is 1. The molecule has 35 heavy (non-hydrogen) atoms. The highest BCUT2D eigenvalue weighted by atomic mass is 16.5. The molecule has 0 saturated carbocycles. The van der Waals surface area contributed by atoms with E-state index in [0.717, 1.165) is 27.8 Å². The third kappa shape index (κ3) is 5.56. The fraction of sp³-hybridized carbons (Fsp3) is 0.393. The van der Waals surface area contributed by atoms with Gasteiger partial charge in [0.15, 0.2) is 0 Å². The van der Waals surface area contributed by atoms with Crippen molar-refractivity contribution in [2.24, 2.45) is 5.92 Å². The van der Waals surface area contributed by atoms with Gasteiger partial charge < -0.3 is 20.1 Å². The van der Waals surface area contributed by atoms with Crippen LogP contribution in [0, 0.1) is 5.92 Å². The van der Waals surface area contributed by atoms with E-state index in [-0.39, 0.29) is 25.0 Å². The molecule has 1 aliphatic carbocycles. The topological polar surface area (TPSA) is 95.9 Å². The Bertz CT molecular complexity index is 1090. The molecular formula is C28H32N2O5. The maximum Gasteiger partial charge on any atom is 0.407 e. The average molecular weight is 477 g/mol.